The maximum atomic E-state index is 13.4. The molecule has 3 nitrogen and oxygen atoms in total. The van der Waals surface area contributed by atoms with Gasteiger partial charge in [-0.05, 0) is 13.0 Å². The minimum atomic E-state index is -0.832. The number of carbonyl (C=O) groups excluding carboxylic acids is 1. The molecule has 1 amide bonds. The first-order chi connectivity index (χ1) is 8.45. The van der Waals surface area contributed by atoms with Crippen molar-refractivity contribution in [2.45, 2.75) is 25.4 Å². The summed E-state index contributed by atoms with van der Waals surface area (Å²) in [7, 11) is 0. The van der Waals surface area contributed by atoms with E-state index in [4.69, 9.17) is 12.2 Å². The van der Waals surface area contributed by atoms with Crippen molar-refractivity contribution < 1.29 is 13.6 Å². The molecular weight excluding hydrogens is 238 g/mol. The number of hydrogen-bond donors (Lipinski definition) is 2. The number of nitrogens with one attached hydrogen (secondary N) is 1. The molecule has 5 heteroatoms. The molecule has 0 heterocycles. The SMILES string of the molecule is C#CCC(N)C(=O)NC(C)c1ccc(F)cc1F. The molecule has 0 radical (unpaired) electrons. The summed E-state index contributed by atoms with van der Waals surface area (Å²) >= 11 is 0. The fraction of sp³-hybridized carbons (Fsp3) is 0.308. The van der Waals surface area contributed by atoms with Gasteiger partial charge in [-0.25, -0.2) is 8.78 Å². The number of halogens is 2. The standard InChI is InChI=1S/C13H14F2N2O/c1-3-4-12(16)13(18)17-8(2)10-6-5-9(14)7-11(10)15/h1,5-8,12H,4,16H2,2H3,(H,17,18). The molecule has 1 aromatic rings. The third-order valence-corrected chi connectivity index (χ3v) is 2.46. The molecule has 0 saturated carbocycles. The predicted molar refractivity (Wildman–Crippen MR) is 64.3 cm³/mol. The summed E-state index contributed by atoms with van der Waals surface area (Å²) in [5, 5.41) is 2.52. The normalized spacial score (nSPS) is 13.5. The Hall–Kier alpha value is -1.93. The Morgan fingerprint density at radius 1 is 1.56 bits per heavy atom. The Bertz CT molecular complexity index is 482. The van der Waals surface area contributed by atoms with Gasteiger partial charge in [-0.3, -0.25) is 4.79 Å². The molecule has 0 spiro atoms. The number of rotatable bonds is 4. The molecule has 2 atom stereocenters. The first-order valence-corrected chi connectivity index (χ1v) is 5.40. The Balaban J connectivity index is 2.74. The molecule has 0 bridgehead atoms. The zero-order chi connectivity index (χ0) is 13.7. The zero-order valence-electron chi connectivity index (χ0n) is 9.91. The van der Waals surface area contributed by atoms with E-state index in [0.717, 1.165) is 12.1 Å². The summed E-state index contributed by atoms with van der Waals surface area (Å²) in [6.45, 7) is 1.58. The number of benzene rings is 1. The van der Waals surface area contributed by atoms with Crippen molar-refractivity contribution in [3.05, 3.63) is 35.4 Å². The molecule has 18 heavy (non-hydrogen) atoms. The lowest BCUT2D eigenvalue weighted by Gasteiger charge is -2.17. The Morgan fingerprint density at radius 2 is 2.22 bits per heavy atom. The molecule has 0 saturated heterocycles. The van der Waals surface area contributed by atoms with Crippen molar-refractivity contribution in [1.82, 2.24) is 5.32 Å². The van der Waals surface area contributed by atoms with E-state index in [1.807, 2.05) is 0 Å². The van der Waals surface area contributed by atoms with Gasteiger partial charge in [0.05, 0.1) is 12.1 Å². The number of hydrogen-bond acceptors (Lipinski definition) is 2. The van der Waals surface area contributed by atoms with Gasteiger partial charge in [-0.2, -0.15) is 0 Å². The number of carbonyl (C=O) groups is 1. The van der Waals surface area contributed by atoms with E-state index in [2.05, 4.69) is 11.2 Å². The number of terminal acetylenes is 1. The number of nitrogens with two attached hydrogens (primary N) is 1. The van der Waals surface area contributed by atoms with Gasteiger partial charge in [-0.1, -0.05) is 6.07 Å². The summed E-state index contributed by atoms with van der Waals surface area (Å²) in [6, 6.07) is 1.73. The van der Waals surface area contributed by atoms with E-state index in [-0.39, 0.29) is 12.0 Å². The van der Waals surface area contributed by atoms with Gasteiger partial charge in [0.1, 0.15) is 11.6 Å². The summed E-state index contributed by atoms with van der Waals surface area (Å²) in [4.78, 5) is 11.6. The topological polar surface area (TPSA) is 55.1 Å². The Morgan fingerprint density at radius 3 is 2.78 bits per heavy atom. The summed E-state index contributed by atoms with van der Waals surface area (Å²) in [6.07, 6.45) is 5.14. The van der Waals surface area contributed by atoms with E-state index >= 15 is 0 Å². The Labute approximate surface area is 104 Å². The van der Waals surface area contributed by atoms with Crippen LogP contribution in [0.5, 0.6) is 0 Å². The molecule has 1 aromatic carbocycles. The fourth-order valence-electron chi connectivity index (χ4n) is 1.47. The van der Waals surface area contributed by atoms with Crippen LogP contribution in [0.4, 0.5) is 8.78 Å². The fourth-order valence-corrected chi connectivity index (χ4v) is 1.47. The van der Waals surface area contributed by atoms with Gasteiger partial charge < -0.3 is 11.1 Å². The monoisotopic (exact) mass is 252 g/mol. The lowest BCUT2D eigenvalue weighted by molar-refractivity contribution is -0.122. The van der Waals surface area contributed by atoms with Crippen LogP contribution in [0.3, 0.4) is 0 Å². The van der Waals surface area contributed by atoms with Crippen molar-refractivity contribution in [2.24, 2.45) is 5.73 Å². The number of amides is 1. The third-order valence-electron chi connectivity index (χ3n) is 2.46. The Kier molecular flexibility index (Phi) is 4.81. The van der Waals surface area contributed by atoms with Gasteiger partial charge in [0, 0.05) is 18.1 Å². The zero-order valence-corrected chi connectivity index (χ0v) is 9.91. The third kappa shape index (κ3) is 3.54. The van der Waals surface area contributed by atoms with Gasteiger partial charge in [0.2, 0.25) is 5.91 Å². The highest BCUT2D eigenvalue weighted by atomic mass is 19.1. The molecular formula is C13H14F2N2O. The average molecular weight is 252 g/mol. The maximum absolute atomic E-state index is 13.4. The van der Waals surface area contributed by atoms with Crippen LogP contribution < -0.4 is 11.1 Å². The average Bonchev–Trinajstić information content (AvgIpc) is 2.28. The van der Waals surface area contributed by atoms with Crippen molar-refractivity contribution in [3.8, 4) is 12.3 Å². The van der Waals surface area contributed by atoms with Gasteiger partial charge in [-0.15, -0.1) is 12.3 Å². The van der Waals surface area contributed by atoms with Crippen LogP contribution in [0.2, 0.25) is 0 Å². The van der Waals surface area contributed by atoms with E-state index in [0.29, 0.717) is 0 Å². The molecule has 0 aliphatic heterocycles. The van der Waals surface area contributed by atoms with Crippen LogP contribution in [0, 0.1) is 24.0 Å². The van der Waals surface area contributed by atoms with Crippen molar-refractivity contribution in [1.29, 1.82) is 0 Å². The van der Waals surface area contributed by atoms with Crippen LogP contribution in [0.25, 0.3) is 0 Å². The van der Waals surface area contributed by atoms with Gasteiger partial charge in [0.25, 0.3) is 0 Å². The van der Waals surface area contributed by atoms with Crippen LogP contribution in [0.1, 0.15) is 24.9 Å². The maximum Gasteiger partial charge on any atom is 0.238 e. The minimum absolute atomic E-state index is 0.102. The van der Waals surface area contributed by atoms with Crippen molar-refractivity contribution in [3.63, 3.8) is 0 Å². The van der Waals surface area contributed by atoms with E-state index < -0.39 is 29.6 Å². The van der Waals surface area contributed by atoms with Gasteiger partial charge in [0.15, 0.2) is 0 Å². The summed E-state index contributed by atoms with van der Waals surface area (Å²) in [5.74, 6) is 0.420. The highest BCUT2D eigenvalue weighted by molar-refractivity contribution is 5.82. The quantitative estimate of drug-likeness (QED) is 0.798. The van der Waals surface area contributed by atoms with E-state index in [1.54, 1.807) is 6.92 Å². The first-order valence-electron chi connectivity index (χ1n) is 5.40. The summed E-state index contributed by atoms with van der Waals surface area (Å²) in [5.41, 5.74) is 5.70. The van der Waals surface area contributed by atoms with Crippen LogP contribution in [-0.4, -0.2) is 11.9 Å². The molecule has 96 valence electrons. The highest BCUT2D eigenvalue weighted by Crippen LogP contribution is 2.17. The van der Waals surface area contributed by atoms with Crippen molar-refractivity contribution in [2.75, 3.05) is 0 Å². The largest absolute Gasteiger partial charge is 0.348 e. The molecule has 0 aromatic heterocycles. The lowest BCUT2D eigenvalue weighted by Crippen LogP contribution is -2.41. The second-order valence-corrected chi connectivity index (χ2v) is 3.91. The van der Waals surface area contributed by atoms with Crippen molar-refractivity contribution >= 4 is 5.91 Å². The predicted octanol–water partition coefficient (Wildman–Crippen LogP) is 1.49. The lowest BCUT2D eigenvalue weighted by atomic mass is 10.1. The summed E-state index contributed by atoms with van der Waals surface area (Å²) < 4.78 is 26.2. The molecule has 1 rings (SSSR count). The second-order valence-electron chi connectivity index (χ2n) is 3.91. The van der Waals surface area contributed by atoms with E-state index in [1.165, 1.54) is 6.07 Å². The van der Waals surface area contributed by atoms with Crippen LogP contribution in [-0.2, 0) is 4.79 Å². The minimum Gasteiger partial charge on any atom is -0.348 e. The van der Waals surface area contributed by atoms with E-state index in [9.17, 15) is 13.6 Å². The van der Waals surface area contributed by atoms with Crippen LogP contribution in [0.15, 0.2) is 18.2 Å². The molecule has 0 fully saturated rings. The first kappa shape index (κ1) is 14.1. The molecule has 0 aliphatic rings. The highest BCUT2D eigenvalue weighted by Gasteiger charge is 2.18. The molecule has 3 N–H and O–H groups in total. The van der Waals surface area contributed by atoms with Crippen LogP contribution >= 0.6 is 0 Å². The van der Waals surface area contributed by atoms with Gasteiger partial charge >= 0.3 is 0 Å². The second kappa shape index (κ2) is 6.12. The molecule has 2 unspecified atom stereocenters. The smallest absolute Gasteiger partial charge is 0.238 e. The molecule has 0 aliphatic carbocycles.